The quantitative estimate of drug-likeness (QED) is 0.233. The van der Waals surface area contributed by atoms with Crippen molar-refractivity contribution in [1.82, 2.24) is 9.80 Å². The van der Waals surface area contributed by atoms with E-state index in [4.69, 9.17) is 16.8 Å². The summed E-state index contributed by atoms with van der Waals surface area (Å²) >= 11 is 8.91. The summed E-state index contributed by atoms with van der Waals surface area (Å²) in [6.07, 6.45) is 9.69. The Kier molecular flexibility index (Phi) is 7.97. The second kappa shape index (κ2) is 9.21. The number of hydrogen-bond acceptors (Lipinski definition) is 5. The first kappa shape index (κ1) is 19.9. The molecule has 0 fully saturated rings. The number of amides is 1. The van der Waals surface area contributed by atoms with Crippen molar-refractivity contribution in [3.63, 3.8) is 0 Å². The van der Waals surface area contributed by atoms with Gasteiger partial charge in [0.1, 0.15) is 4.32 Å². The number of thiocarbonyl (C=S) groups is 1. The van der Waals surface area contributed by atoms with E-state index in [1.807, 2.05) is 24.2 Å². The molecule has 0 aromatic rings. The first-order valence-corrected chi connectivity index (χ1v) is 9.53. The average molecular weight is 377 g/mol. The summed E-state index contributed by atoms with van der Waals surface area (Å²) in [5.74, 6) is -0.455. The van der Waals surface area contributed by atoms with E-state index in [1.165, 1.54) is 11.0 Å². The Bertz CT molecular complexity index is 622. The third-order valence-corrected chi connectivity index (χ3v) is 4.36. The van der Waals surface area contributed by atoms with Gasteiger partial charge in [-0.15, -0.1) is 12.6 Å². The molecule has 0 unspecified atom stereocenters. The van der Waals surface area contributed by atoms with Gasteiger partial charge >= 0.3 is 0 Å². The molecule has 1 heterocycles. The van der Waals surface area contributed by atoms with Crippen LogP contribution in [-0.4, -0.2) is 51.8 Å². The van der Waals surface area contributed by atoms with Crippen molar-refractivity contribution < 1.29 is 17.8 Å². The number of carbonyl (C=O) groups excluding carboxylic acids is 1. The predicted molar refractivity (Wildman–Crippen MR) is 97.7 cm³/mol. The lowest BCUT2D eigenvalue weighted by Gasteiger charge is -2.19. The highest BCUT2D eigenvalue weighted by atomic mass is 32.2. The zero-order chi connectivity index (χ0) is 17.5. The van der Waals surface area contributed by atoms with Crippen molar-refractivity contribution in [3.8, 4) is 0 Å². The summed E-state index contributed by atoms with van der Waals surface area (Å²) in [7, 11) is -3.89. The molecule has 9 heteroatoms. The highest BCUT2D eigenvalue weighted by Gasteiger charge is 2.12. The molecule has 128 valence electrons. The number of unbranched alkanes of at least 4 members (excludes halogenated alkanes) is 1. The Morgan fingerprint density at radius 1 is 1.39 bits per heavy atom. The molecule has 0 saturated carbocycles. The number of thiol groups is 1. The molecule has 1 rings (SSSR count). The van der Waals surface area contributed by atoms with Crippen LogP contribution in [0.2, 0.25) is 0 Å². The van der Waals surface area contributed by atoms with Crippen LogP contribution in [0.25, 0.3) is 0 Å². The van der Waals surface area contributed by atoms with Crippen LogP contribution < -0.4 is 0 Å². The van der Waals surface area contributed by atoms with Gasteiger partial charge in [-0.3, -0.25) is 14.2 Å². The minimum Gasteiger partial charge on any atom is -0.354 e. The molecule has 6 nitrogen and oxygen atoms in total. The van der Waals surface area contributed by atoms with Crippen molar-refractivity contribution >= 4 is 45.2 Å². The standard InChI is InChI=1S/C14H20N2O4S3/c1-2-16(14(21)22)13(17)11-12-5-8-15(9-6-12)7-3-4-10-23(18,19)20/h5-6,8-9,11H,2-4,7,10H2,1H3,(H,21,22)(H,18,19,20). The first-order chi connectivity index (χ1) is 10.7. The van der Waals surface area contributed by atoms with Crippen molar-refractivity contribution in [2.45, 2.75) is 19.8 Å². The Labute approximate surface area is 147 Å². The lowest BCUT2D eigenvalue weighted by atomic mass is 10.2. The number of likely N-dealkylation sites (N-methyl/N-ethyl adjacent to an activating group) is 1. The normalized spacial score (nSPS) is 14.0. The van der Waals surface area contributed by atoms with Crippen LogP contribution in [0.4, 0.5) is 0 Å². The molecule has 23 heavy (non-hydrogen) atoms. The van der Waals surface area contributed by atoms with Crippen molar-refractivity contribution in [2.75, 3.05) is 18.8 Å². The second-order valence-electron chi connectivity index (χ2n) is 4.87. The summed E-state index contributed by atoms with van der Waals surface area (Å²) in [4.78, 5) is 15.3. The van der Waals surface area contributed by atoms with Gasteiger partial charge in [-0.25, -0.2) is 0 Å². The van der Waals surface area contributed by atoms with Crippen LogP contribution in [0, 0.1) is 0 Å². The average Bonchev–Trinajstić information content (AvgIpc) is 2.44. The van der Waals surface area contributed by atoms with Crippen LogP contribution in [0.1, 0.15) is 19.8 Å². The van der Waals surface area contributed by atoms with Gasteiger partial charge in [0.2, 0.25) is 0 Å². The zero-order valence-electron chi connectivity index (χ0n) is 12.8. The molecular formula is C14H20N2O4S3. The van der Waals surface area contributed by atoms with Gasteiger partial charge in [-0.05, 0) is 37.5 Å². The molecule has 0 bridgehead atoms. The van der Waals surface area contributed by atoms with Crippen LogP contribution in [0.3, 0.4) is 0 Å². The monoisotopic (exact) mass is 376 g/mol. The summed E-state index contributed by atoms with van der Waals surface area (Å²) in [5.41, 5.74) is 0.743. The second-order valence-corrected chi connectivity index (χ2v) is 7.56. The highest BCUT2D eigenvalue weighted by molar-refractivity contribution is 8.11. The lowest BCUT2D eigenvalue weighted by Crippen LogP contribution is -2.31. The summed E-state index contributed by atoms with van der Waals surface area (Å²) in [6, 6.07) is 0. The van der Waals surface area contributed by atoms with E-state index in [0.717, 1.165) is 5.57 Å². The van der Waals surface area contributed by atoms with Crippen LogP contribution in [0.5, 0.6) is 0 Å². The Balaban J connectivity index is 2.49. The minimum absolute atomic E-state index is 0.224. The largest absolute Gasteiger partial charge is 0.354 e. The van der Waals surface area contributed by atoms with Crippen LogP contribution in [-0.2, 0) is 14.9 Å². The highest BCUT2D eigenvalue weighted by Crippen LogP contribution is 2.12. The SMILES string of the molecule is CCN(C(=O)C=C1C=CN(CCCCS(=O)(=O)O)C=C1)C(=S)S. The number of allylic oxidation sites excluding steroid dienone is 3. The third-order valence-electron chi connectivity index (χ3n) is 3.09. The van der Waals surface area contributed by atoms with Crippen LogP contribution in [0.15, 0.2) is 36.2 Å². The third kappa shape index (κ3) is 7.78. The summed E-state index contributed by atoms with van der Waals surface area (Å²) < 4.78 is 30.1. The molecule has 0 aliphatic carbocycles. The molecule has 0 radical (unpaired) electrons. The molecule has 1 aliphatic rings. The van der Waals surface area contributed by atoms with E-state index in [1.54, 1.807) is 12.2 Å². The molecule has 0 atom stereocenters. The molecule has 1 amide bonds. The van der Waals surface area contributed by atoms with Crippen molar-refractivity contribution in [2.24, 2.45) is 0 Å². The van der Waals surface area contributed by atoms with Gasteiger partial charge in [-0.2, -0.15) is 8.42 Å². The Hall–Kier alpha value is -1.16. The first-order valence-electron chi connectivity index (χ1n) is 7.06. The lowest BCUT2D eigenvalue weighted by molar-refractivity contribution is -0.122. The molecular weight excluding hydrogens is 356 g/mol. The Morgan fingerprint density at radius 3 is 2.48 bits per heavy atom. The topological polar surface area (TPSA) is 77.9 Å². The fraction of sp³-hybridized carbons (Fsp3) is 0.429. The zero-order valence-corrected chi connectivity index (χ0v) is 15.3. The number of nitrogens with zero attached hydrogens (tertiary/aromatic N) is 2. The minimum atomic E-state index is -3.89. The molecule has 1 N–H and O–H groups in total. The van der Waals surface area contributed by atoms with Gasteiger partial charge in [-0.1, -0.05) is 12.2 Å². The molecule has 1 aliphatic heterocycles. The van der Waals surface area contributed by atoms with Crippen molar-refractivity contribution in [1.29, 1.82) is 0 Å². The predicted octanol–water partition coefficient (Wildman–Crippen LogP) is 1.99. The molecule has 0 aromatic carbocycles. The van der Waals surface area contributed by atoms with E-state index < -0.39 is 10.1 Å². The summed E-state index contributed by atoms with van der Waals surface area (Å²) in [6.45, 7) is 2.91. The van der Waals surface area contributed by atoms with Gasteiger partial charge in [0.05, 0.1) is 5.75 Å². The van der Waals surface area contributed by atoms with Gasteiger partial charge in [0, 0.05) is 31.6 Å². The molecule has 0 saturated heterocycles. The van der Waals surface area contributed by atoms with E-state index in [-0.39, 0.29) is 16.0 Å². The molecule has 0 aromatic heterocycles. The van der Waals surface area contributed by atoms with Gasteiger partial charge < -0.3 is 4.90 Å². The fourth-order valence-corrected chi connectivity index (χ4v) is 2.93. The summed E-state index contributed by atoms with van der Waals surface area (Å²) in [5, 5.41) is 0. The van der Waals surface area contributed by atoms with Crippen LogP contribution >= 0.6 is 24.8 Å². The van der Waals surface area contributed by atoms with E-state index in [9.17, 15) is 13.2 Å². The maximum Gasteiger partial charge on any atom is 0.264 e. The van der Waals surface area contributed by atoms with Crippen molar-refractivity contribution in [3.05, 3.63) is 36.2 Å². The van der Waals surface area contributed by atoms with Gasteiger partial charge in [0.25, 0.3) is 16.0 Å². The maximum absolute atomic E-state index is 12.0. The van der Waals surface area contributed by atoms with Gasteiger partial charge in [0.15, 0.2) is 0 Å². The smallest absolute Gasteiger partial charge is 0.264 e. The van der Waals surface area contributed by atoms with E-state index >= 15 is 0 Å². The van der Waals surface area contributed by atoms with E-state index in [0.29, 0.717) is 25.9 Å². The fourth-order valence-electron chi connectivity index (χ4n) is 1.90. The maximum atomic E-state index is 12.0. The molecule has 0 spiro atoms. The Morgan fingerprint density at radius 2 is 2.00 bits per heavy atom. The number of carbonyl (C=O) groups is 1. The van der Waals surface area contributed by atoms with E-state index in [2.05, 4.69) is 12.6 Å². The number of hydrogen-bond donors (Lipinski definition) is 2. The number of rotatable bonds is 7.